The SMILES string of the molecule is COC(=O)[C@]1(CC(=O)c2ccc(OC)cc2)NC(=S)NC(=O)[C@H]1C#N. The molecule has 0 saturated carbocycles. The van der Waals surface area contributed by atoms with E-state index in [-0.39, 0.29) is 5.11 Å². The molecular weight excluding hydrogens is 346 g/mol. The normalized spacial score (nSPS) is 22.2. The summed E-state index contributed by atoms with van der Waals surface area (Å²) in [5.74, 6) is -3.06. The van der Waals surface area contributed by atoms with Gasteiger partial charge in [-0.2, -0.15) is 5.26 Å². The Morgan fingerprint density at radius 1 is 1.32 bits per heavy atom. The molecule has 1 aromatic carbocycles. The number of ether oxygens (including phenoxy) is 2. The van der Waals surface area contributed by atoms with E-state index >= 15 is 0 Å². The van der Waals surface area contributed by atoms with Crippen LogP contribution in [0.1, 0.15) is 16.8 Å². The highest BCUT2D eigenvalue weighted by Gasteiger charge is 2.55. The fraction of sp³-hybridized carbons (Fsp3) is 0.312. The van der Waals surface area contributed by atoms with E-state index in [1.807, 2.05) is 0 Å². The van der Waals surface area contributed by atoms with Crippen molar-refractivity contribution in [2.45, 2.75) is 12.0 Å². The second-order valence-electron chi connectivity index (χ2n) is 5.30. The second kappa shape index (κ2) is 7.27. The van der Waals surface area contributed by atoms with Gasteiger partial charge in [0.15, 0.2) is 22.4 Å². The summed E-state index contributed by atoms with van der Waals surface area (Å²) in [5, 5.41) is 14.1. The summed E-state index contributed by atoms with van der Waals surface area (Å²) in [4.78, 5) is 37.1. The van der Waals surface area contributed by atoms with Crippen LogP contribution in [-0.2, 0) is 14.3 Å². The van der Waals surface area contributed by atoms with Gasteiger partial charge >= 0.3 is 5.97 Å². The van der Waals surface area contributed by atoms with Crippen molar-refractivity contribution in [2.75, 3.05) is 14.2 Å². The number of nitrogens with zero attached hydrogens (tertiary/aromatic N) is 1. The molecule has 1 aliphatic heterocycles. The predicted molar refractivity (Wildman–Crippen MR) is 89.7 cm³/mol. The summed E-state index contributed by atoms with van der Waals surface area (Å²) in [6.45, 7) is 0. The van der Waals surface area contributed by atoms with Gasteiger partial charge < -0.3 is 20.1 Å². The fourth-order valence-corrected chi connectivity index (χ4v) is 2.87. The van der Waals surface area contributed by atoms with Crippen molar-refractivity contribution in [3.05, 3.63) is 29.8 Å². The number of rotatable bonds is 5. The molecule has 9 heteroatoms. The first kappa shape index (κ1) is 18.4. The lowest BCUT2D eigenvalue weighted by molar-refractivity contribution is -0.152. The molecule has 130 valence electrons. The topological polar surface area (TPSA) is 118 Å². The molecule has 8 nitrogen and oxygen atoms in total. The van der Waals surface area contributed by atoms with Gasteiger partial charge in [-0.15, -0.1) is 0 Å². The van der Waals surface area contributed by atoms with Crippen LogP contribution in [0.2, 0.25) is 0 Å². The smallest absolute Gasteiger partial charge is 0.334 e. The van der Waals surface area contributed by atoms with Crippen LogP contribution in [0.5, 0.6) is 5.75 Å². The Bertz CT molecular complexity index is 771. The molecule has 2 rings (SSSR count). The largest absolute Gasteiger partial charge is 0.497 e. The number of Topliss-reactive ketones (excluding diaryl/α,β-unsaturated/α-hetero) is 1. The molecule has 2 N–H and O–H groups in total. The van der Waals surface area contributed by atoms with Crippen LogP contribution in [0, 0.1) is 17.2 Å². The van der Waals surface area contributed by atoms with E-state index in [2.05, 4.69) is 10.6 Å². The number of nitriles is 1. The van der Waals surface area contributed by atoms with E-state index in [9.17, 15) is 19.6 Å². The average Bonchev–Trinajstić information content (AvgIpc) is 2.60. The van der Waals surface area contributed by atoms with Gasteiger partial charge in [0.05, 0.1) is 20.3 Å². The molecule has 0 radical (unpaired) electrons. The van der Waals surface area contributed by atoms with Crippen LogP contribution < -0.4 is 15.4 Å². The van der Waals surface area contributed by atoms with Gasteiger partial charge in [0, 0.05) is 12.0 Å². The first-order valence-electron chi connectivity index (χ1n) is 7.16. The standard InChI is InChI=1S/C16H15N3O5S/c1-23-10-5-3-9(4-6-10)12(20)7-16(14(22)24-2)11(8-17)13(21)18-15(25)19-16/h3-6,11H,7H2,1-2H3,(H2,18,19,21,25)/t11-,16-/m1/s1. The van der Waals surface area contributed by atoms with Crippen LogP contribution in [0.3, 0.4) is 0 Å². The molecule has 0 spiro atoms. The van der Waals surface area contributed by atoms with Crippen molar-refractivity contribution in [3.8, 4) is 11.8 Å². The number of carbonyl (C=O) groups is 3. The summed E-state index contributed by atoms with van der Waals surface area (Å²) in [5.41, 5.74) is -1.60. The van der Waals surface area contributed by atoms with Gasteiger partial charge in [-0.25, -0.2) is 4.79 Å². The minimum atomic E-state index is -1.89. The summed E-state index contributed by atoms with van der Waals surface area (Å²) in [7, 11) is 2.60. The molecule has 1 fully saturated rings. The average molecular weight is 361 g/mol. The van der Waals surface area contributed by atoms with Crippen molar-refractivity contribution in [1.82, 2.24) is 10.6 Å². The molecule has 2 atom stereocenters. The number of amides is 1. The lowest BCUT2D eigenvalue weighted by Crippen LogP contribution is -2.70. The number of benzene rings is 1. The first-order valence-corrected chi connectivity index (χ1v) is 7.57. The molecule has 25 heavy (non-hydrogen) atoms. The predicted octanol–water partition coefficient (Wildman–Crippen LogP) is 0.324. The van der Waals surface area contributed by atoms with Crippen molar-refractivity contribution < 1.29 is 23.9 Å². The Balaban J connectivity index is 2.41. The van der Waals surface area contributed by atoms with Gasteiger partial charge in [0.25, 0.3) is 0 Å². The molecule has 1 saturated heterocycles. The van der Waals surface area contributed by atoms with E-state index in [0.29, 0.717) is 11.3 Å². The van der Waals surface area contributed by atoms with E-state index in [0.717, 1.165) is 7.11 Å². The molecule has 1 aromatic rings. The highest BCUT2D eigenvalue weighted by atomic mass is 32.1. The zero-order valence-corrected chi connectivity index (χ0v) is 14.3. The van der Waals surface area contributed by atoms with Crippen molar-refractivity contribution in [1.29, 1.82) is 5.26 Å². The van der Waals surface area contributed by atoms with Gasteiger partial charge in [0.2, 0.25) is 5.91 Å². The van der Waals surface area contributed by atoms with Gasteiger partial charge in [0.1, 0.15) is 5.75 Å². The van der Waals surface area contributed by atoms with E-state index < -0.39 is 35.5 Å². The van der Waals surface area contributed by atoms with Gasteiger partial charge in [-0.1, -0.05) is 0 Å². The number of hydrogen-bond acceptors (Lipinski definition) is 7. The van der Waals surface area contributed by atoms with Gasteiger partial charge in [-0.05, 0) is 36.5 Å². The Kier molecular flexibility index (Phi) is 5.34. The highest BCUT2D eigenvalue weighted by Crippen LogP contribution is 2.28. The minimum Gasteiger partial charge on any atom is -0.497 e. The molecule has 1 aliphatic rings. The number of thiocarbonyl (C=S) groups is 1. The molecule has 0 bridgehead atoms. The Labute approximate surface area is 149 Å². The molecule has 1 heterocycles. The Hall–Kier alpha value is -2.99. The maximum absolute atomic E-state index is 12.6. The van der Waals surface area contributed by atoms with Crippen LogP contribution >= 0.6 is 12.2 Å². The third kappa shape index (κ3) is 3.44. The second-order valence-corrected chi connectivity index (χ2v) is 5.71. The Morgan fingerprint density at radius 3 is 2.48 bits per heavy atom. The number of methoxy groups -OCH3 is 2. The zero-order chi connectivity index (χ0) is 18.6. The third-order valence-electron chi connectivity index (χ3n) is 3.86. The molecule has 1 amide bonds. The molecule has 0 aliphatic carbocycles. The molecular formula is C16H15N3O5S. The third-order valence-corrected chi connectivity index (χ3v) is 4.06. The zero-order valence-electron chi connectivity index (χ0n) is 13.5. The summed E-state index contributed by atoms with van der Waals surface area (Å²) in [6, 6.07) is 7.97. The molecule has 0 unspecified atom stereocenters. The number of ketones is 1. The van der Waals surface area contributed by atoms with Crippen molar-refractivity contribution in [3.63, 3.8) is 0 Å². The summed E-state index contributed by atoms with van der Waals surface area (Å²) >= 11 is 4.91. The fourth-order valence-electron chi connectivity index (χ4n) is 2.58. The lowest BCUT2D eigenvalue weighted by atomic mass is 9.77. The number of carbonyl (C=O) groups excluding carboxylic acids is 3. The highest BCUT2D eigenvalue weighted by molar-refractivity contribution is 7.80. The maximum atomic E-state index is 12.6. The van der Waals surface area contributed by atoms with Crippen molar-refractivity contribution in [2.24, 2.45) is 5.92 Å². The number of esters is 1. The minimum absolute atomic E-state index is 0.149. The maximum Gasteiger partial charge on any atom is 0.334 e. The lowest BCUT2D eigenvalue weighted by Gasteiger charge is -2.38. The Morgan fingerprint density at radius 2 is 1.96 bits per heavy atom. The summed E-state index contributed by atoms with van der Waals surface area (Å²) < 4.78 is 9.76. The van der Waals surface area contributed by atoms with E-state index in [1.165, 1.54) is 19.2 Å². The first-order chi connectivity index (χ1) is 11.9. The van der Waals surface area contributed by atoms with Crippen LogP contribution in [-0.4, -0.2) is 42.5 Å². The monoisotopic (exact) mass is 361 g/mol. The summed E-state index contributed by atoms with van der Waals surface area (Å²) in [6.07, 6.45) is -0.474. The number of hydrogen-bond donors (Lipinski definition) is 2. The van der Waals surface area contributed by atoms with Gasteiger partial charge in [-0.3, -0.25) is 9.59 Å². The van der Waals surface area contributed by atoms with Crippen LogP contribution in [0.15, 0.2) is 24.3 Å². The number of nitrogens with one attached hydrogen (secondary N) is 2. The van der Waals surface area contributed by atoms with Crippen LogP contribution in [0.25, 0.3) is 0 Å². The van der Waals surface area contributed by atoms with E-state index in [1.54, 1.807) is 18.2 Å². The van der Waals surface area contributed by atoms with E-state index in [4.69, 9.17) is 21.7 Å². The van der Waals surface area contributed by atoms with Crippen molar-refractivity contribution >= 4 is 35.0 Å². The molecule has 0 aromatic heterocycles. The van der Waals surface area contributed by atoms with Crippen LogP contribution in [0.4, 0.5) is 0 Å². The quantitative estimate of drug-likeness (QED) is 0.437.